The minimum atomic E-state index is -2.41. The highest BCUT2D eigenvalue weighted by Crippen LogP contribution is 2.57. The van der Waals surface area contributed by atoms with Gasteiger partial charge in [-0.3, -0.25) is 8.74 Å². The molecule has 6 atom stereocenters. The van der Waals surface area contributed by atoms with Crippen molar-refractivity contribution in [1.29, 1.82) is 0 Å². The van der Waals surface area contributed by atoms with Crippen molar-refractivity contribution < 1.29 is 27.9 Å². The lowest BCUT2D eigenvalue weighted by Gasteiger charge is -2.38. The molecular formula is C10H18O6S. The Balaban J connectivity index is 2.36. The van der Waals surface area contributed by atoms with Crippen molar-refractivity contribution in [1.82, 2.24) is 0 Å². The van der Waals surface area contributed by atoms with Crippen molar-refractivity contribution in [3.05, 3.63) is 0 Å². The van der Waals surface area contributed by atoms with Crippen molar-refractivity contribution in [3.63, 3.8) is 0 Å². The highest BCUT2D eigenvalue weighted by atomic mass is 32.2. The Hall–Kier alpha value is -0.0500. The third kappa shape index (κ3) is 1.68. The number of hydrogen-bond donors (Lipinski definition) is 3. The second kappa shape index (κ2) is 4.25. The van der Waals surface area contributed by atoms with Crippen LogP contribution in [0.25, 0.3) is 0 Å². The maximum Gasteiger partial charge on any atom is 0.302 e. The molecule has 6 unspecified atom stereocenters. The van der Waals surface area contributed by atoms with E-state index < -0.39 is 28.7 Å². The number of ether oxygens (including phenoxy) is 1. The lowest BCUT2D eigenvalue weighted by molar-refractivity contribution is -0.121. The van der Waals surface area contributed by atoms with Crippen molar-refractivity contribution in [2.75, 3.05) is 13.2 Å². The van der Waals surface area contributed by atoms with Gasteiger partial charge in [-0.05, 0) is 12.3 Å². The van der Waals surface area contributed by atoms with Gasteiger partial charge in [-0.2, -0.15) is 4.21 Å². The van der Waals surface area contributed by atoms with Crippen LogP contribution in [0.5, 0.6) is 0 Å². The largest absolute Gasteiger partial charge is 0.393 e. The predicted molar refractivity (Wildman–Crippen MR) is 59.3 cm³/mol. The van der Waals surface area contributed by atoms with E-state index in [1.807, 2.05) is 6.92 Å². The van der Waals surface area contributed by atoms with Crippen molar-refractivity contribution >= 4 is 11.4 Å². The standard InChI is InChI=1S/C10H18O6S/c1-6-3-9(4-11)7(2)8(15-17(13)14)10(6,5-12)16-9/h6-8,11-12H,3-5H2,1-2H3,(H,13,14). The van der Waals surface area contributed by atoms with E-state index in [0.717, 1.165) is 0 Å². The molecule has 0 aromatic heterocycles. The Morgan fingerprint density at radius 1 is 1.41 bits per heavy atom. The van der Waals surface area contributed by atoms with E-state index in [2.05, 4.69) is 0 Å². The van der Waals surface area contributed by atoms with Gasteiger partial charge in [0.2, 0.25) is 0 Å². The van der Waals surface area contributed by atoms with Gasteiger partial charge < -0.3 is 14.9 Å². The first-order valence-corrected chi connectivity index (χ1v) is 6.65. The van der Waals surface area contributed by atoms with Gasteiger partial charge in [0.05, 0.1) is 18.8 Å². The molecule has 7 heteroatoms. The summed E-state index contributed by atoms with van der Waals surface area (Å²) in [5.41, 5.74) is -1.76. The minimum absolute atomic E-state index is 0.0376. The van der Waals surface area contributed by atoms with Crippen LogP contribution >= 0.6 is 0 Å². The summed E-state index contributed by atoms with van der Waals surface area (Å²) in [4.78, 5) is 0. The van der Waals surface area contributed by atoms with Crippen LogP contribution in [0.3, 0.4) is 0 Å². The number of rotatable bonds is 4. The highest BCUT2D eigenvalue weighted by molar-refractivity contribution is 7.74. The summed E-state index contributed by atoms with van der Waals surface area (Å²) < 4.78 is 30.5. The lowest BCUT2D eigenvalue weighted by atomic mass is 9.68. The third-order valence-electron chi connectivity index (χ3n) is 4.35. The van der Waals surface area contributed by atoms with Gasteiger partial charge in [0, 0.05) is 5.92 Å². The first-order valence-electron chi connectivity index (χ1n) is 5.62. The summed E-state index contributed by atoms with van der Waals surface area (Å²) in [5, 5.41) is 19.1. The number of aliphatic hydroxyl groups is 2. The fraction of sp³-hybridized carbons (Fsp3) is 1.00. The molecular weight excluding hydrogens is 248 g/mol. The fourth-order valence-electron chi connectivity index (χ4n) is 3.30. The van der Waals surface area contributed by atoms with Gasteiger partial charge in [-0.25, -0.2) is 0 Å². The normalized spacial score (nSPS) is 50.8. The lowest BCUT2D eigenvalue weighted by Crippen LogP contribution is -2.53. The van der Waals surface area contributed by atoms with E-state index in [4.69, 9.17) is 13.5 Å². The SMILES string of the molecule is CC1C(OS(=O)O)C2(CO)OC1(CO)CC2C. The molecule has 2 fully saturated rings. The van der Waals surface area contributed by atoms with Crippen LogP contribution in [-0.4, -0.2) is 49.5 Å². The molecule has 17 heavy (non-hydrogen) atoms. The minimum Gasteiger partial charge on any atom is -0.393 e. The molecule has 2 aliphatic rings. The van der Waals surface area contributed by atoms with Crippen LogP contribution in [0, 0.1) is 11.8 Å². The number of aliphatic hydroxyl groups excluding tert-OH is 2. The van der Waals surface area contributed by atoms with Gasteiger partial charge in [0.25, 0.3) is 0 Å². The average Bonchev–Trinajstić information content (AvgIpc) is 2.70. The Bertz CT molecular complexity index is 337. The Labute approximate surface area is 102 Å². The Morgan fingerprint density at radius 3 is 2.53 bits per heavy atom. The summed E-state index contributed by atoms with van der Waals surface area (Å²) in [6.07, 6.45) is -0.0717. The summed E-state index contributed by atoms with van der Waals surface area (Å²) >= 11 is -2.41. The zero-order chi connectivity index (χ0) is 12.8. The maximum absolute atomic E-state index is 10.8. The molecule has 0 saturated carbocycles. The van der Waals surface area contributed by atoms with Crippen LogP contribution in [-0.2, 0) is 20.3 Å². The van der Waals surface area contributed by atoms with E-state index >= 15 is 0 Å². The second-order valence-electron chi connectivity index (χ2n) is 5.07. The molecule has 0 aromatic rings. The molecule has 2 aliphatic heterocycles. The predicted octanol–water partition coefficient (Wildman–Crippen LogP) is -0.323. The van der Waals surface area contributed by atoms with Crippen LogP contribution < -0.4 is 0 Å². The molecule has 0 spiro atoms. The molecule has 0 aromatic carbocycles. The zero-order valence-electron chi connectivity index (χ0n) is 9.83. The molecule has 0 radical (unpaired) electrons. The summed E-state index contributed by atoms with van der Waals surface area (Å²) in [5.74, 6) is -0.281. The second-order valence-corrected chi connectivity index (χ2v) is 5.69. The van der Waals surface area contributed by atoms with Crippen LogP contribution in [0.2, 0.25) is 0 Å². The van der Waals surface area contributed by atoms with Crippen LogP contribution in [0.15, 0.2) is 0 Å². The van der Waals surface area contributed by atoms with Crippen molar-refractivity contribution in [2.24, 2.45) is 11.8 Å². The van der Waals surface area contributed by atoms with Crippen molar-refractivity contribution in [2.45, 2.75) is 37.6 Å². The molecule has 0 amide bonds. The summed E-state index contributed by atoms with van der Waals surface area (Å²) in [6.45, 7) is 3.22. The summed E-state index contributed by atoms with van der Waals surface area (Å²) in [7, 11) is 0. The Morgan fingerprint density at radius 2 is 2.06 bits per heavy atom. The van der Waals surface area contributed by atoms with Crippen LogP contribution in [0.1, 0.15) is 20.3 Å². The van der Waals surface area contributed by atoms with E-state index in [1.165, 1.54) is 0 Å². The highest BCUT2D eigenvalue weighted by Gasteiger charge is 2.69. The molecule has 100 valence electrons. The van der Waals surface area contributed by atoms with Gasteiger partial charge in [-0.15, -0.1) is 0 Å². The number of hydrogen-bond acceptors (Lipinski definition) is 5. The Kier molecular flexibility index (Phi) is 3.35. The topological polar surface area (TPSA) is 96.2 Å². The smallest absolute Gasteiger partial charge is 0.302 e. The first-order chi connectivity index (χ1) is 7.92. The maximum atomic E-state index is 10.8. The molecule has 0 aliphatic carbocycles. The molecule has 2 bridgehead atoms. The molecule has 2 saturated heterocycles. The van der Waals surface area contributed by atoms with Gasteiger partial charge in [0.15, 0.2) is 0 Å². The fourth-order valence-corrected chi connectivity index (χ4v) is 3.81. The van der Waals surface area contributed by atoms with E-state index in [0.29, 0.717) is 6.42 Å². The average molecular weight is 266 g/mol. The number of fused-ring (bicyclic) bond motifs is 2. The monoisotopic (exact) mass is 266 g/mol. The first kappa shape index (κ1) is 13.4. The quantitative estimate of drug-likeness (QED) is 0.603. The van der Waals surface area contributed by atoms with Gasteiger partial charge >= 0.3 is 11.4 Å². The van der Waals surface area contributed by atoms with Gasteiger partial charge in [-0.1, -0.05) is 13.8 Å². The third-order valence-corrected chi connectivity index (χ3v) is 4.72. The van der Waals surface area contributed by atoms with E-state index in [-0.39, 0.29) is 25.0 Å². The van der Waals surface area contributed by atoms with Crippen LogP contribution in [0.4, 0.5) is 0 Å². The summed E-state index contributed by atoms with van der Waals surface area (Å²) in [6, 6.07) is 0. The zero-order valence-corrected chi connectivity index (χ0v) is 10.6. The van der Waals surface area contributed by atoms with Crippen molar-refractivity contribution in [3.8, 4) is 0 Å². The van der Waals surface area contributed by atoms with E-state index in [1.54, 1.807) is 6.92 Å². The molecule has 3 N–H and O–H groups in total. The molecule has 2 rings (SSSR count). The van der Waals surface area contributed by atoms with E-state index in [9.17, 15) is 14.4 Å². The van der Waals surface area contributed by atoms with Gasteiger partial charge in [0.1, 0.15) is 11.7 Å². The molecule has 2 heterocycles. The molecule has 6 nitrogen and oxygen atoms in total.